The molecule has 2 rings (SSSR count). The molecule has 0 bridgehead atoms. The highest BCUT2D eigenvalue weighted by Crippen LogP contribution is 2.38. The maximum atomic E-state index is 12.3. The molecule has 2 heterocycles. The standard InChI is InChI=1S/C36H63N3O5/c1-5-7-8-9-10-11-12-13-14-15-16-17-18-19-20-22-27-37-33(40)42-30-35(3)25-26-36(4,44-35)31-43-34(41)38-29-32-24-21-23-28-39(32)6-2/h21,23-24,28H,5-20,22,25-27,29-31H2,1-4H3,(H-,37,38,40,41)/p+1/t35-,36+/m1/s1. The normalized spacial score (nSPS) is 19.5. The number of pyridine rings is 1. The van der Waals surface area contributed by atoms with Crippen molar-refractivity contribution in [2.24, 2.45) is 0 Å². The summed E-state index contributed by atoms with van der Waals surface area (Å²) in [5.74, 6) is 0. The molecule has 44 heavy (non-hydrogen) atoms. The fraction of sp³-hybridized carbons (Fsp3) is 0.806. The minimum Gasteiger partial charge on any atom is -0.447 e. The molecule has 252 valence electrons. The van der Waals surface area contributed by atoms with Crippen molar-refractivity contribution in [2.75, 3.05) is 19.8 Å². The summed E-state index contributed by atoms with van der Waals surface area (Å²) in [4.78, 5) is 24.6. The van der Waals surface area contributed by atoms with Crippen molar-refractivity contribution in [2.45, 2.75) is 168 Å². The van der Waals surface area contributed by atoms with Gasteiger partial charge in [-0.1, -0.05) is 109 Å². The number of aromatic nitrogens is 1. The van der Waals surface area contributed by atoms with Gasteiger partial charge in [0, 0.05) is 18.7 Å². The van der Waals surface area contributed by atoms with Gasteiger partial charge in [-0.25, -0.2) is 14.2 Å². The van der Waals surface area contributed by atoms with Crippen LogP contribution in [0.5, 0.6) is 0 Å². The van der Waals surface area contributed by atoms with Crippen molar-refractivity contribution in [3.63, 3.8) is 0 Å². The van der Waals surface area contributed by atoms with E-state index in [0.717, 1.165) is 37.9 Å². The molecule has 8 nitrogen and oxygen atoms in total. The summed E-state index contributed by atoms with van der Waals surface area (Å²) in [6.07, 6.45) is 23.9. The van der Waals surface area contributed by atoms with Gasteiger partial charge < -0.3 is 24.8 Å². The summed E-state index contributed by atoms with van der Waals surface area (Å²) in [6, 6.07) is 5.90. The Morgan fingerprint density at radius 1 is 0.727 bits per heavy atom. The summed E-state index contributed by atoms with van der Waals surface area (Å²) < 4.78 is 19.3. The first kappa shape index (κ1) is 37.8. The van der Waals surface area contributed by atoms with E-state index in [9.17, 15) is 9.59 Å². The molecule has 2 atom stereocenters. The van der Waals surface area contributed by atoms with Crippen LogP contribution in [0.1, 0.15) is 149 Å². The molecule has 0 aliphatic carbocycles. The molecule has 1 fully saturated rings. The van der Waals surface area contributed by atoms with Gasteiger partial charge in [0.15, 0.2) is 6.20 Å². The SMILES string of the molecule is CCCCCCCCCCCCCCCCCCNC(=O)OC[C@@]1(C)CC[C@@](C)(COC(=O)NCc2cccc[n+]2CC)O1. The number of hydrogen-bond donors (Lipinski definition) is 2. The van der Waals surface area contributed by atoms with Crippen molar-refractivity contribution < 1.29 is 28.4 Å². The second-order valence-electron chi connectivity index (χ2n) is 13.2. The second-order valence-corrected chi connectivity index (χ2v) is 13.2. The van der Waals surface area contributed by atoms with Crippen LogP contribution in [0.15, 0.2) is 24.4 Å². The second kappa shape index (κ2) is 22.2. The molecule has 2 N–H and O–H groups in total. The monoisotopic (exact) mass is 618 g/mol. The van der Waals surface area contributed by atoms with Crippen molar-refractivity contribution in [1.82, 2.24) is 10.6 Å². The van der Waals surface area contributed by atoms with Crippen LogP contribution in [0.4, 0.5) is 9.59 Å². The molecule has 0 spiro atoms. The van der Waals surface area contributed by atoms with Gasteiger partial charge in [0.05, 0.1) is 0 Å². The minimum atomic E-state index is -0.616. The number of unbranched alkanes of at least 4 members (excludes halogenated alkanes) is 15. The van der Waals surface area contributed by atoms with E-state index in [4.69, 9.17) is 14.2 Å². The number of nitrogens with zero attached hydrogens (tertiary/aromatic N) is 1. The van der Waals surface area contributed by atoms with Gasteiger partial charge in [0.2, 0.25) is 5.69 Å². The lowest BCUT2D eigenvalue weighted by atomic mass is 9.99. The predicted molar refractivity (Wildman–Crippen MR) is 177 cm³/mol. The van der Waals surface area contributed by atoms with Crippen molar-refractivity contribution in [3.05, 3.63) is 30.1 Å². The molecule has 0 radical (unpaired) electrons. The Bertz CT molecular complexity index is 929. The van der Waals surface area contributed by atoms with E-state index in [2.05, 4.69) is 29.0 Å². The quantitative estimate of drug-likeness (QED) is 0.0895. The smallest absolute Gasteiger partial charge is 0.407 e. The van der Waals surface area contributed by atoms with E-state index >= 15 is 0 Å². The number of aryl methyl sites for hydroxylation is 1. The van der Waals surface area contributed by atoms with E-state index < -0.39 is 23.4 Å². The molecule has 1 aliphatic rings. The third-order valence-corrected chi connectivity index (χ3v) is 8.78. The fourth-order valence-electron chi connectivity index (χ4n) is 5.97. The summed E-state index contributed by atoms with van der Waals surface area (Å²) >= 11 is 0. The molecule has 1 aliphatic heterocycles. The van der Waals surface area contributed by atoms with Crippen LogP contribution in [0.2, 0.25) is 0 Å². The lowest BCUT2D eigenvalue weighted by Crippen LogP contribution is -2.42. The van der Waals surface area contributed by atoms with Gasteiger partial charge >= 0.3 is 12.2 Å². The molecule has 2 amide bonds. The van der Waals surface area contributed by atoms with E-state index in [0.29, 0.717) is 13.1 Å². The molecular weight excluding hydrogens is 554 g/mol. The molecule has 1 aromatic heterocycles. The van der Waals surface area contributed by atoms with Crippen molar-refractivity contribution in [3.8, 4) is 0 Å². The van der Waals surface area contributed by atoms with E-state index in [1.807, 2.05) is 38.2 Å². The number of alkyl carbamates (subject to hydrolysis) is 2. The lowest BCUT2D eigenvalue weighted by Gasteiger charge is -2.29. The zero-order valence-corrected chi connectivity index (χ0v) is 28.6. The largest absolute Gasteiger partial charge is 0.447 e. The van der Waals surface area contributed by atoms with Gasteiger partial charge in [-0.15, -0.1) is 0 Å². The Labute approximate surface area is 268 Å². The van der Waals surface area contributed by atoms with Crippen LogP contribution in [0.25, 0.3) is 0 Å². The minimum absolute atomic E-state index is 0.141. The van der Waals surface area contributed by atoms with Gasteiger partial charge in [-0.3, -0.25) is 0 Å². The number of rotatable bonds is 24. The average molecular weight is 619 g/mol. The first-order valence-electron chi connectivity index (χ1n) is 17.8. The molecule has 1 aromatic rings. The number of carbonyl (C=O) groups excluding carboxylic acids is 2. The first-order chi connectivity index (χ1) is 21.3. The van der Waals surface area contributed by atoms with E-state index in [1.165, 1.54) is 89.9 Å². The zero-order chi connectivity index (χ0) is 31.9. The maximum Gasteiger partial charge on any atom is 0.407 e. The summed E-state index contributed by atoms with van der Waals surface area (Å²) in [6.45, 7) is 10.4. The number of amides is 2. The molecule has 8 heteroatoms. The number of hydrogen-bond acceptors (Lipinski definition) is 5. The van der Waals surface area contributed by atoms with Gasteiger partial charge in [0.1, 0.15) is 37.5 Å². The molecule has 1 saturated heterocycles. The maximum absolute atomic E-state index is 12.3. The Morgan fingerprint density at radius 2 is 1.20 bits per heavy atom. The number of ether oxygens (including phenoxy) is 3. The Hall–Kier alpha value is -2.35. The highest BCUT2D eigenvalue weighted by atomic mass is 16.6. The molecule has 0 unspecified atom stereocenters. The van der Waals surface area contributed by atoms with E-state index in [-0.39, 0.29) is 13.2 Å². The van der Waals surface area contributed by atoms with Crippen LogP contribution in [-0.2, 0) is 27.3 Å². The fourth-order valence-corrected chi connectivity index (χ4v) is 5.97. The topological polar surface area (TPSA) is 89.8 Å². The zero-order valence-electron chi connectivity index (χ0n) is 28.6. The summed E-state index contributed by atoms with van der Waals surface area (Å²) in [7, 11) is 0. The number of nitrogens with one attached hydrogen (secondary N) is 2. The van der Waals surface area contributed by atoms with Gasteiger partial charge in [-0.2, -0.15) is 0 Å². The third-order valence-electron chi connectivity index (χ3n) is 8.78. The molecule has 0 saturated carbocycles. The highest BCUT2D eigenvalue weighted by molar-refractivity contribution is 5.67. The summed E-state index contributed by atoms with van der Waals surface area (Å²) in [5.41, 5.74) is -0.208. The van der Waals surface area contributed by atoms with Crippen molar-refractivity contribution >= 4 is 12.2 Å². The Morgan fingerprint density at radius 3 is 1.70 bits per heavy atom. The Balaban J connectivity index is 1.44. The van der Waals surface area contributed by atoms with Gasteiger partial charge in [0.25, 0.3) is 0 Å². The van der Waals surface area contributed by atoms with Gasteiger partial charge in [-0.05, 0) is 40.0 Å². The number of carbonyl (C=O) groups is 2. The van der Waals surface area contributed by atoms with Crippen LogP contribution in [0.3, 0.4) is 0 Å². The average Bonchev–Trinajstić information content (AvgIpc) is 3.34. The molecular formula is C36H64N3O5+. The predicted octanol–water partition coefficient (Wildman–Crippen LogP) is 8.54. The van der Waals surface area contributed by atoms with Crippen LogP contribution in [-0.4, -0.2) is 43.1 Å². The lowest BCUT2D eigenvalue weighted by molar-refractivity contribution is -0.701. The Kier molecular flexibility index (Phi) is 19.1. The molecule has 0 aromatic carbocycles. The summed E-state index contributed by atoms with van der Waals surface area (Å²) in [5, 5.41) is 5.69. The van der Waals surface area contributed by atoms with Crippen molar-refractivity contribution in [1.29, 1.82) is 0 Å². The third kappa shape index (κ3) is 16.6. The first-order valence-corrected chi connectivity index (χ1v) is 17.8. The highest BCUT2D eigenvalue weighted by Gasteiger charge is 2.45. The van der Waals surface area contributed by atoms with Crippen LogP contribution >= 0.6 is 0 Å². The van der Waals surface area contributed by atoms with Crippen LogP contribution < -0.4 is 15.2 Å². The van der Waals surface area contributed by atoms with Crippen LogP contribution in [0, 0.1) is 0 Å². The van der Waals surface area contributed by atoms with E-state index in [1.54, 1.807) is 0 Å².